The van der Waals surface area contributed by atoms with Crippen LogP contribution in [0, 0.1) is 5.92 Å². The van der Waals surface area contributed by atoms with E-state index in [1.54, 1.807) is 0 Å². The third-order valence-corrected chi connectivity index (χ3v) is 5.67. The summed E-state index contributed by atoms with van der Waals surface area (Å²) in [5.74, 6) is 1.41. The van der Waals surface area contributed by atoms with Crippen LogP contribution in [0.4, 0.5) is 5.69 Å². The van der Waals surface area contributed by atoms with Crippen LogP contribution in [0.15, 0.2) is 24.3 Å². The predicted octanol–water partition coefficient (Wildman–Crippen LogP) is 5.32. The molecule has 4 nitrogen and oxygen atoms in total. The van der Waals surface area contributed by atoms with Gasteiger partial charge in [0.15, 0.2) is 0 Å². The molecule has 1 N–H and O–H groups in total. The number of carbonyl (C=O) groups excluding carboxylic acids is 1. The first-order valence-corrected chi connectivity index (χ1v) is 10.3. The summed E-state index contributed by atoms with van der Waals surface area (Å²) < 4.78 is 12.1. The van der Waals surface area contributed by atoms with Crippen LogP contribution in [-0.2, 0) is 9.53 Å². The zero-order chi connectivity index (χ0) is 18.4. The summed E-state index contributed by atoms with van der Waals surface area (Å²) >= 11 is 0. The maximum absolute atomic E-state index is 13.0. The third kappa shape index (κ3) is 4.79. The maximum atomic E-state index is 13.0. The Balaban J connectivity index is 1.62. The quantitative estimate of drug-likeness (QED) is 0.716. The number of rotatable bonds is 7. The maximum Gasteiger partial charge on any atom is 0.256 e. The third-order valence-electron chi connectivity index (χ3n) is 5.67. The molecule has 0 spiro atoms. The number of carbonyl (C=O) groups is 1. The van der Waals surface area contributed by atoms with E-state index in [1.807, 2.05) is 24.3 Å². The first-order chi connectivity index (χ1) is 12.6. The largest absolute Gasteiger partial charge is 0.490 e. The van der Waals surface area contributed by atoms with E-state index in [0.717, 1.165) is 50.0 Å². The second-order valence-corrected chi connectivity index (χ2v) is 8.05. The van der Waals surface area contributed by atoms with Gasteiger partial charge < -0.3 is 14.8 Å². The predicted molar refractivity (Wildman–Crippen MR) is 105 cm³/mol. The van der Waals surface area contributed by atoms with E-state index < -0.39 is 5.60 Å². The van der Waals surface area contributed by atoms with Gasteiger partial charge in [0, 0.05) is 12.3 Å². The standard InChI is InChI=1S/C22H33NO3/c1-3-15-25-22(14-6-7-17(2)16-22)21(24)23-18-10-12-20(13-11-18)26-19-8-4-5-9-19/h10-13,17,19H,3-9,14-16H2,1-2H3,(H,23,24). The molecule has 0 heterocycles. The van der Waals surface area contributed by atoms with Crippen molar-refractivity contribution in [3.05, 3.63) is 24.3 Å². The number of anilines is 1. The van der Waals surface area contributed by atoms with E-state index in [-0.39, 0.29) is 5.91 Å². The molecular formula is C22H33NO3. The van der Waals surface area contributed by atoms with E-state index in [2.05, 4.69) is 19.2 Å². The molecule has 1 aromatic carbocycles. The molecular weight excluding hydrogens is 326 g/mol. The molecule has 2 aliphatic rings. The molecule has 0 bridgehead atoms. The zero-order valence-electron chi connectivity index (χ0n) is 16.3. The highest BCUT2D eigenvalue weighted by Crippen LogP contribution is 2.36. The van der Waals surface area contributed by atoms with Crippen molar-refractivity contribution in [2.45, 2.75) is 83.3 Å². The number of ether oxygens (including phenoxy) is 2. The van der Waals surface area contributed by atoms with Gasteiger partial charge in [-0.2, -0.15) is 0 Å². The Morgan fingerprint density at radius 3 is 2.54 bits per heavy atom. The Morgan fingerprint density at radius 1 is 1.15 bits per heavy atom. The van der Waals surface area contributed by atoms with E-state index >= 15 is 0 Å². The molecule has 2 atom stereocenters. The molecule has 2 fully saturated rings. The monoisotopic (exact) mass is 359 g/mol. The molecule has 0 saturated heterocycles. The van der Waals surface area contributed by atoms with Crippen LogP contribution in [-0.4, -0.2) is 24.2 Å². The molecule has 144 valence electrons. The van der Waals surface area contributed by atoms with Crippen molar-refractivity contribution in [1.82, 2.24) is 0 Å². The van der Waals surface area contributed by atoms with E-state index in [9.17, 15) is 4.79 Å². The van der Waals surface area contributed by atoms with Crippen LogP contribution in [0.3, 0.4) is 0 Å². The molecule has 3 rings (SSSR count). The molecule has 1 amide bonds. The van der Waals surface area contributed by atoms with E-state index in [0.29, 0.717) is 18.6 Å². The van der Waals surface area contributed by atoms with Gasteiger partial charge in [0.25, 0.3) is 5.91 Å². The van der Waals surface area contributed by atoms with Crippen LogP contribution in [0.1, 0.15) is 71.6 Å². The lowest BCUT2D eigenvalue weighted by Crippen LogP contribution is -2.48. The summed E-state index contributed by atoms with van der Waals surface area (Å²) in [4.78, 5) is 13.0. The minimum absolute atomic E-state index is 0.00182. The van der Waals surface area contributed by atoms with Crippen LogP contribution in [0.5, 0.6) is 5.75 Å². The molecule has 0 radical (unpaired) electrons. The molecule has 2 unspecified atom stereocenters. The van der Waals surface area contributed by atoms with Crippen LogP contribution in [0.2, 0.25) is 0 Å². The number of hydrogen-bond acceptors (Lipinski definition) is 3. The lowest BCUT2D eigenvalue weighted by atomic mass is 9.78. The summed E-state index contributed by atoms with van der Waals surface area (Å²) in [5.41, 5.74) is 0.138. The summed E-state index contributed by atoms with van der Waals surface area (Å²) in [6.45, 7) is 4.93. The Kier molecular flexibility index (Phi) is 6.58. The smallest absolute Gasteiger partial charge is 0.256 e. The molecule has 1 aromatic rings. The van der Waals surface area contributed by atoms with Gasteiger partial charge in [0.2, 0.25) is 0 Å². The van der Waals surface area contributed by atoms with Crippen molar-refractivity contribution in [3.63, 3.8) is 0 Å². The lowest BCUT2D eigenvalue weighted by Gasteiger charge is -2.38. The second-order valence-electron chi connectivity index (χ2n) is 8.05. The van der Waals surface area contributed by atoms with Crippen molar-refractivity contribution >= 4 is 11.6 Å². The van der Waals surface area contributed by atoms with Crippen molar-refractivity contribution in [1.29, 1.82) is 0 Å². The summed E-state index contributed by atoms with van der Waals surface area (Å²) in [6, 6.07) is 7.78. The van der Waals surface area contributed by atoms with Gasteiger partial charge in [-0.15, -0.1) is 0 Å². The molecule has 26 heavy (non-hydrogen) atoms. The highest BCUT2D eigenvalue weighted by atomic mass is 16.5. The second kappa shape index (κ2) is 8.90. The Labute approximate surface area is 157 Å². The number of hydrogen-bond donors (Lipinski definition) is 1. The molecule has 0 aromatic heterocycles. The Bertz CT molecular complexity index is 580. The normalized spacial score (nSPS) is 26.6. The SMILES string of the molecule is CCCOC1(C(=O)Nc2ccc(OC3CCCC3)cc2)CCCC(C)C1. The fourth-order valence-corrected chi connectivity index (χ4v) is 4.26. The van der Waals surface area contributed by atoms with Crippen molar-refractivity contribution < 1.29 is 14.3 Å². The highest BCUT2D eigenvalue weighted by Gasteiger charge is 2.42. The van der Waals surface area contributed by atoms with Gasteiger partial charge in [0.1, 0.15) is 11.4 Å². The van der Waals surface area contributed by atoms with E-state index in [4.69, 9.17) is 9.47 Å². The number of nitrogens with one attached hydrogen (secondary N) is 1. The Morgan fingerprint density at radius 2 is 1.88 bits per heavy atom. The van der Waals surface area contributed by atoms with Crippen LogP contribution in [0.25, 0.3) is 0 Å². The number of amides is 1. The van der Waals surface area contributed by atoms with Crippen LogP contribution >= 0.6 is 0 Å². The minimum Gasteiger partial charge on any atom is -0.490 e. The van der Waals surface area contributed by atoms with Crippen molar-refractivity contribution in [2.24, 2.45) is 5.92 Å². The van der Waals surface area contributed by atoms with Gasteiger partial charge >= 0.3 is 0 Å². The van der Waals surface area contributed by atoms with Gasteiger partial charge in [-0.25, -0.2) is 0 Å². The van der Waals surface area contributed by atoms with Gasteiger partial charge in [-0.3, -0.25) is 4.79 Å². The fourth-order valence-electron chi connectivity index (χ4n) is 4.26. The molecule has 2 aliphatic carbocycles. The van der Waals surface area contributed by atoms with Gasteiger partial charge in [-0.05, 0) is 81.5 Å². The first kappa shape index (κ1) is 19.2. The molecule has 2 saturated carbocycles. The molecule has 0 aliphatic heterocycles. The average molecular weight is 360 g/mol. The van der Waals surface area contributed by atoms with Crippen molar-refractivity contribution in [2.75, 3.05) is 11.9 Å². The Hall–Kier alpha value is -1.55. The van der Waals surface area contributed by atoms with E-state index in [1.165, 1.54) is 19.3 Å². The minimum atomic E-state index is -0.674. The summed E-state index contributed by atoms with van der Waals surface area (Å²) in [6.07, 6.45) is 9.94. The summed E-state index contributed by atoms with van der Waals surface area (Å²) in [7, 11) is 0. The number of benzene rings is 1. The van der Waals surface area contributed by atoms with Crippen LogP contribution < -0.4 is 10.1 Å². The summed E-state index contributed by atoms with van der Waals surface area (Å²) in [5, 5.41) is 3.08. The topological polar surface area (TPSA) is 47.6 Å². The highest BCUT2D eigenvalue weighted by molar-refractivity contribution is 5.97. The lowest BCUT2D eigenvalue weighted by molar-refractivity contribution is -0.148. The zero-order valence-corrected chi connectivity index (χ0v) is 16.3. The first-order valence-electron chi connectivity index (χ1n) is 10.3. The average Bonchev–Trinajstić information content (AvgIpc) is 3.14. The molecule has 4 heteroatoms. The van der Waals surface area contributed by atoms with Crippen molar-refractivity contribution in [3.8, 4) is 5.75 Å². The van der Waals surface area contributed by atoms with Gasteiger partial charge in [-0.1, -0.05) is 20.3 Å². The fraction of sp³-hybridized carbons (Fsp3) is 0.682. The van der Waals surface area contributed by atoms with Gasteiger partial charge in [0.05, 0.1) is 6.10 Å².